The molecule has 1 aromatic carbocycles. The maximum absolute atomic E-state index is 13.5. The number of aliphatic imine (C=N–C) groups is 1. The summed E-state index contributed by atoms with van der Waals surface area (Å²) in [4.78, 5) is 23.4. The first-order valence-electron chi connectivity index (χ1n) is 10.8. The van der Waals surface area contributed by atoms with Crippen LogP contribution in [0.5, 0.6) is 17.2 Å². The molecule has 4 rings (SSSR count). The Morgan fingerprint density at radius 2 is 2.06 bits per heavy atom. The number of thiophene rings is 1. The Kier molecular flexibility index (Phi) is 5.83. The van der Waals surface area contributed by atoms with Gasteiger partial charge in [-0.05, 0) is 46.1 Å². The summed E-state index contributed by atoms with van der Waals surface area (Å²) in [6, 6.07) is 7.58. The molecule has 1 aromatic heterocycles. The molecule has 0 radical (unpaired) electrons. The molecule has 7 nitrogen and oxygen atoms in total. The molecule has 0 saturated carbocycles. The van der Waals surface area contributed by atoms with Crippen molar-refractivity contribution < 1.29 is 19.0 Å². The van der Waals surface area contributed by atoms with E-state index in [1.807, 2.05) is 65.2 Å². The lowest BCUT2D eigenvalue weighted by atomic mass is 10.0. The summed E-state index contributed by atoms with van der Waals surface area (Å²) in [5, 5.41) is 2.03. The maximum atomic E-state index is 13.5. The SMILES string of the molecule is COc1cc2c(cc1OC(C)C)N1C(CO2)C(C(=O)N(C)C(C)(C)C)=NC1c1cccs1. The summed E-state index contributed by atoms with van der Waals surface area (Å²) >= 11 is 1.63. The van der Waals surface area contributed by atoms with Crippen LogP contribution in [0.4, 0.5) is 5.69 Å². The van der Waals surface area contributed by atoms with Crippen LogP contribution in [0.1, 0.15) is 45.7 Å². The smallest absolute Gasteiger partial charge is 0.270 e. The molecular formula is C24H31N3O4S. The van der Waals surface area contributed by atoms with Crippen LogP contribution in [0.3, 0.4) is 0 Å². The molecule has 2 atom stereocenters. The molecule has 2 unspecified atom stereocenters. The van der Waals surface area contributed by atoms with Gasteiger partial charge in [0, 0.05) is 29.6 Å². The Morgan fingerprint density at radius 3 is 2.66 bits per heavy atom. The highest BCUT2D eigenvalue weighted by molar-refractivity contribution is 7.10. The Morgan fingerprint density at radius 1 is 1.31 bits per heavy atom. The van der Waals surface area contributed by atoms with Crippen LogP contribution in [-0.2, 0) is 4.79 Å². The summed E-state index contributed by atoms with van der Waals surface area (Å²) in [5.41, 5.74) is 1.06. The van der Waals surface area contributed by atoms with Crippen LogP contribution < -0.4 is 19.1 Å². The normalized spacial score (nSPS) is 19.8. The van der Waals surface area contributed by atoms with Gasteiger partial charge in [-0.25, -0.2) is 0 Å². The minimum Gasteiger partial charge on any atom is -0.493 e. The molecule has 8 heteroatoms. The van der Waals surface area contributed by atoms with E-state index >= 15 is 0 Å². The average molecular weight is 458 g/mol. The number of methoxy groups -OCH3 is 1. The van der Waals surface area contributed by atoms with Crippen molar-refractivity contribution in [3.63, 3.8) is 0 Å². The lowest BCUT2D eigenvalue weighted by molar-refractivity contribution is -0.126. The van der Waals surface area contributed by atoms with Crippen LogP contribution in [-0.4, -0.2) is 55.0 Å². The van der Waals surface area contributed by atoms with E-state index in [0.29, 0.717) is 29.6 Å². The van der Waals surface area contributed by atoms with Crippen molar-refractivity contribution in [3.8, 4) is 17.2 Å². The first kappa shape index (κ1) is 22.5. The zero-order chi connectivity index (χ0) is 23.2. The van der Waals surface area contributed by atoms with Crippen LogP contribution in [0.15, 0.2) is 34.6 Å². The van der Waals surface area contributed by atoms with E-state index in [4.69, 9.17) is 19.2 Å². The molecule has 0 N–H and O–H groups in total. The molecule has 0 spiro atoms. The highest BCUT2D eigenvalue weighted by atomic mass is 32.1. The molecule has 0 aliphatic carbocycles. The summed E-state index contributed by atoms with van der Waals surface area (Å²) in [7, 11) is 3.44. The van der Waals surface area contributed by atoms with Gasteiger partial charge in [0.15, 0.2) is 17.7 Å². The van der Waals surface area contributed by atoms with Gasteiger partial charge >= 0.3 is 0 Å². The van der Waals surface area contributed by atoms with Crippen LogP contribution in [0.25, 0.3) is 0 Å². The number of benzene rings is 1. The van der Waals surface area contributed by atoms with Gasteiger partial charge in [0.2, 0.25) is 0 Å². The largest absolute Gasteiger partial charge is 0.493 e. The lowest BCUT2D eigenvalue weighted by Gasteiger charge is -2.38. The monoisotopic (exact) mass is 457 g/mol. The Bertz CT molecular complexity index is 1030. The predicted octanol–water partition coefficient (Wildman–Crippen LogP) is 4.52. The van der Waals surface area contributed by atoms with E-state index in [0.717, 1.165) is 10.6 Å². The third-order valence-electron chi connectivity index (χ3n) is 5.79. The highest BCUT2D eigenvalue weighted by Gasteiger charge is 2.46. The fourth-order valence-corrected chi connectivity index (χ4v) is 4.64. The maximum Gasteiger partial charge on any atom is 0.270 e. The number of anilines is 1. The highest BCUT2D eigenvalue weighted by Crippen LogP contribution is 2.49. The van der Waals surface area contributed by atoms with Crippen molar-refractivity contribution in [2.45, 2.75) is 58.5 Å². The van der Waals surface area contributed by atoms with E-state index in [1.165, 1.54) is 0 Å². The first-order chi connectivity index (χ1) is 15.1. The zero-order valence-corrected chi connectivity index (χ0v) is 20.5. The van der Waals surface area contributed by atoms with Gasteiger partial charge in [0.25, 0.3) is 5.91 Å². The van der Waals surface area contributed by atoms with Gasteiger partial charge in [-0.1, -0.05) is 6.07 Å². The van der Waals surface area contributed by atoms with Gasteiger partial charge in [-0.15, -0.1) is 11.3 Å². The zero-order valence-electron chi connectivity index (χ0n) is 19.7. The molecule has 0 bridgehead atoms. The van der Waals surface area contributed by atoms with Gasteiger partial charge in [-0.2, -0.15) is 0 Å². The summed E-state index contributed by atoms with van der Waals surface area (Å²) in [5.74, 6) is 1.88. The molecule has 2 aromatic rings. The van der Waals surface area contributed by atoms with E-state index in [2.05, 4.69) is 11.0 Å². The average Bonchev–Trinajstić information content (AvgIpc) is 3.38. The van der Waals surface area contributed by atoms with Gasteiger partial charge in [0.05, 0.1) is 18.9 Å². The first-order valence-corrected chi connectivity index (χ1v) is 11.7. The van der Waals surface area contributed by atoms with Crippen molar-refractivity contribution in [3.05, 3.63) is 34.5 Å². The number of amides is 1. The number of ether oxygens (including phenoxy) is 3. The fraction of sp³-hybridized carbons (Fsp3) is 0.500. The number of nitrogens with zero attached hydrogens (tertiary/aromatic N) is 3. The number of hydrogen-bond acceptors (Lipinski definition) is 7. The number of carbonyl (C=O) groups is 1. The summed E-state index contributed by atoms with van der Waals surface area (Å²) in [6.07, 6.45) is -0.307. The van der Waals surface area contributed by atoms with E-state index in [1.54, 1.807) is 23.3 Å². The van der Waals surface area contributed by atoms with Crippen LogP contribution in [0, 0.1) is 0 Å². The van der Waals surface area contributed by atoms with E-state index in [-0.39, 0.29) is 29.8 Å². The number of fused-ring (bicyclic) bond motifs is 3. The number of rotatable bonds is 5. The van der Waals surface area contributed by atoms with Gasteiger partial charge < -0.3 is 24.0 Å². The van der Waals surface area contributed by atoms with Crippen molar-refractivity contribution >= 4 is 28.6 Å². The number of hydrogen-bond donors (Lipinski definition) is 0. The molecule has 172 valence electrons. The van der Waals surface area contributed by atoms with Gasteiger partial charge in [0.1, 0.15) is 24.1 Å². The second-order valence-corrected chi connectivity index (χ2v) is 10.3. The third-order valence-corrected chi connectivity index (χ3v) is 6.70. The van der Waals surface area contributed by atoms with Crippen molar-refractivity contribution in [2.75, 3.05) is 25.7 Å². The van der Waals surface area contributed by atoms with Gasteiger partial charge in [-0.3, -0.25) is 9.79 Å². The molecule has 3 heterocycles. The lowest BCUT2D eigenvalue weighted by Crippen LogP contribution is -2.52. The predicted molar refractivity (Wildman–Crippen MR) is 128 cm³/mol. The summed E-state index contributed by atoms with van der Waals surface area (Å²) in [6.45, 7) is 10.3. The second-order valence-electron chi connectivity index (χ2n) is 9.31. The van der Waals surface area contributed by atoms with Crippen LogP contribution in [0.2, 0.25) is 0 Å². The third kappa shape index (κ3) is 3.92. The van der Waals surface area contributed by atoms with Crippen molar-refractivity contribution in [2.24, 2.45) is 4.99 Å². The molecule has 2 aliphatic rings. The Hall–Kier alpha value is -2.74. The topological polar surface area (TPSA) is 63.6 Å². The fourth-order valence-electron chi connectivity index (χ4n) is 3.88. The minimum absolute atomic E-state index is 0.0113. The molecular weight excluding hydrogens is 426 g/mol. The molecule has 0 saturated heterocycles. The van der Waals surface area contributed by atoms with E-state index < -0.39 is 0 Å². The van der Waals surface area contributed by atoms with Crippen LogP contribution >= 0.6 is 11.3 Å². The van der Waals surface area contributed by atoms with E-state index in [9.17, 15) is 4.79 Å². The van der Waals surface area contributed by atoms with Crippen molar-refractivity contribution in [1.82, 2.24) is 4.90 Å². The molecule has 1 amide bonds. The standard InChI is InChI=1S/C24H31N3O4S/c1-14(2)31-19-11-15-17(12-18(19)29-7)30-13-16-21(23(28)26(6)24(3,4)5)25-22(27(15)16)20-9-8-10-32-20/h8-12,14,16,22H,13H2,1-7H3. The second kappa shape index (κ2) is 8.31. The summed E-state index contributed by atoms with van der Waals surface area (Å²) < 4.78 is 17.7. The Balaban J connectivity index is 1.80. The minimum atomic E-state index is -0.315. The number of carbonyl (C=O) groups excluding carboxylic acids is 1. The Labute approximate surface area is 193 Å². The molecule has 32 heavy (non-hydrogen) atoms. The van der Waals surface area contributed by atoms with Crippen molar-refractivity contribution in [1.29, 1.82) is 0 Å². The molecule has 0 fully saturated rings. The molecule has 2 aliphatic heterocycles. The quantitative estimate of drug-likeness (QED) is 0.661.